The van der Waals surface area contributed by atoms with Crippen molar-refractivity contribution in [2.45, 2.75) is 29.7 Å². The maximum Gasteiger partial charge on any atom is 0.416 e. The fourth-order valence-corrected chi connectivity index (χ4v) is 3.72. The molecule has 7 heteroatoms. The second kappa shape index (κ2) is 7.60. The maximum absolute atomic E-state index is 12.7. The van der Waals surface area contributed by atoms with E-state index < -0.39 is 23.0 Å². The van der Waals surface area contributed by atoms with Gasteiger partial charge in [0.2, 0.25) is 0 Å². The molecule has 0 amide bonds. The minimum Gasteiger partial charge on any atom is -0.480 e. The van der Waals surface area contributed by atoms with Crippen molar-refractivity contribution in [1.82, 2.24) is 4.98 Å². The molecule has 1 atom stereocenters. The van der Waals surface area contributed by atoms with E-state index in [0.29, 0.717) is 17.5 Å². The minimum absolute atomic E-state index is 0.475. The smallest absolute Gasteiger partial charge is 0.416 e. The second-order valence-electron chi connectivity index (χ2n) is 5.97. The molecule has 0 saturated carbocycles. The van der Waals surface area contributed by atoms with Crippen LogP contribution >= 0.6 is 11.8 Å². The summed E-state index contributed by atoms with van der Waals surface area (Å²) in [5, 5.41) is 9.50. The van der Waals surface area contributed by atoms with Crippen molar-refractivity contribution in [2.24, 2.45) is 0 Å². The van der Waals surface area contributed by atoms with Gasteiger partial charge in [0.25, 0.3) is 0 Å². The van der Waals surface area contributed by atoms with Gasteiger partial charge in [-0.05, 0) is 47.9 Å². The number of pyridine rings is 1. The number of carbonyl (C=O) groups is 1. The normalized spacial score (nSPS) is 12.9. The summed E-state index contributed by atoms with van der Waals surface area (Å²) in [5.41, 5.74) is 1.40. The van der Waals surface area contributed by atoms with Crippen LogP contribution in [0.1, 0.15) is 18.9 Å². The Balaban J connectivity index is 2.01. The number of hydrogen-bond acceptors (Lipinski definition) is 3. The van der Waals surface area contributed by atoms with Crippen molar-refractivity contribution in [3.8, 4) is 11.1 Å². The first-order chi connectivity index (χ1) is 12.8. The zero-order valence-corrected chi connectivity index (χ0v) is 15.1. The molecule has 0 aliphatic carbocycles. The Morgan fingerprint density at radius 2 is 1.78 bits per heavy atom. The van der Waals surface area contributed by atoms with E-state index in [4.69, 9.17) is 0 Å². The Kier molecular flexibility index (Phi) is 5.41. The Morgan fingerprint density at radius 1 is 1.11 bits per heavy atom. The van der Waals surface area contributed by atoms with Crippen molar-refractivity contribution in [3.05, 3.63) is 60.3 Å². The zero-order valence-electron chi connectivity index (χ0n) is 14.3. The number of carboxylic acids is 1. The van der Waals surface area contributed by atoms with Crippen LogP contribution in [0.15, 0.2) is 59.6 Å². The SMILES string of the molecule is CCC(Sc1ccnc2ccc(-c3ccc(C(F)(F)F)cc3)cc12)C(=O)O. The van der Waals surface area contributed by atoms with E-state index in [0.717, 1.165) is 28.0 Å². The summed E-state index contributed by atoms with van der Waals surface area (Å²) in [6.45, 7) is 1.81. The van der Waals surface area contributed by atoms with Gasteiger partial charge in [-0.3, -0.25) is 9.78 Å². The molecule has 140 valence electrons. The van der Waals surface area contributed by atoms with Crippen LogP contribution in [-0.2, 0) is 11.0 Å². The summed E-state index contributed by atoms with van der Waals surface area (Å²) >= 11 is 1.25. The molecule has 1 N–H and O–H groups in total. The quantitative estimate of drug-likeness (QED) is 0.552. The highest BCUT2D eigenvalue weighted by atomic mass is 32.2. The van der Waals surface area contributed by atoms with Gasteiger partial charge in [0.05, 0.1) is 11.1 Å². The first-order valence-electron chi connectivity index (χ1n) is 8.25. The number of carboxylic acid groups (broad SMARTS) is 1. The third-order valence-corrected chi connectivity index (χ3v) is 5.59. The van der Waals surface area contributed by atoms with Gasteiger partial charge in [0, 0.05) is 16.5 Å². The summed E-state index contributed by atoms with van der Waals surface area (Å²) in [7, 11) is 0. The number of nitrogens with zero attached hydrogens (tertiary/aromatic N) is 1. The standard InChI is InChI=1S/C20H16F3NO2S/c1-2-17(19(25)26)27-18-9-10-24-16-8-5-13(11-15(16)18)12-3-6-14(7-4-12)20(21,22)23/h3-11,17H,2H2,1H3,(H,25,26). The van der Waals surface area contributed by atoms with Crippen LogP contribution in [-0.4, -0.2) is 21.3 Å². The van der Waals surface area contributed by atoms with Gasteiger partial charge in [-0.25, -0.2) is 0 Å². The fraction of sp³-hybridized carbons (Fsp3) is 0.200. The minimum atomic E-state index is -4.37. The number of aliphatic carboxylic acids is 1. The van der Waals surface area contributed by atoms with Gasteiger partial charge in [-0.15, -0.1) is 11.8 Å². The van der Waals surface area contributed by atoms with Crippen LogP contribution in [0.4, 0.5) is 13.2 Å². The van der Waals surface area contributed by atoms with E-state index in [1.807, 2.05) is 13.0 Å². The van der Waals surface area contributed by atoms with E-state index in [-0.39, 0.29) is 0 Å². The molecule has 0 aliphatic heterocycles. The van der Waals surface area contributed by atoms with E-state index >= 15 is 0 Å². The maximum atomic E-state index is 12.7. The van der Waals surface area contributed by atoms with E-state index in [1.54, 1.807) is 24.4 Å². The Labute approximate surface area is 158 Å². The highest BCUT2D eigenvalue weighted by Crippen LogP contribution is 2.35. The monoisotopic (exact) mass is 391 g/mol. The Bertz CT molecular complexity index is 971. The molecule has 1 aromatic heterocycles. The molecule has 3 aromatic rings. The lowest BCUT2D eigenvalue weighted by molar-refractivity contribution is -0.138. The largest absolute Gasteiger partial charge is 0.480 e. The molecular weight excluding hydrogens is 375 g/mol. The van der Waals surface area contributed by atoms with Crippen LogP contribution in [0.3, 0.4) is 0 Å². The number of aromatic nitrogens is 1. The molecule has 0 radical (unpaired) electrons. The average molecular weight is 391 g/mol. The number of thioether (sulfide) groups is 1. The number of benzene rings is 2. The lowest BCUT2D eigenvalue weighted by Crippen LogP contribution is -2.14. The molecule has 2 aromatic carbocycles. The molecule has 3 rings (SSSR count). The van der Waals surface area contributed by atoms with Gasteiger partial charge >= 0.3 is 12.1 Å². The summed E-state index contributed by atoms with van der Waals surface area (Å²) in [5.74, 6) is -0.883. The van der Waals surface area contributed by atoms with Crippen molar-refractivity contribution in [3.63, 3.8) is 0 Å². The number of rotatable bonds is 5. The molecule has 27 heavy (non-hydrogen) atoms. The fourth-order valence-electron chi connectivity index (χ4n) is 2.72. The Morgan fingerprint density at radius 3 is 2.37 bits per heavy atom. The summed E-state index contributed by atoms with van der Waals surface area (Å²) in [6.07, 6.45) is -2.28. The van der Waals surface area contributed by atoms with E-state index in [9.17, 15) is 23.1 Å². The van der Waals surface area contributed by atoms with Gasteiger partial charge < -0.3 is 5.11 Å². The van der Waals surface area contributed by atoms with Crippen molar-refractivity contribution < 1.29 is 23.1 Å². The van der Waals surface area contributed by atoms with Crippen LogP contribution in [0.5, 0.6) is 0 Å². The number of alkyl halides is 3. The van der Waals surface area contributed by atoms with Crippen molar-refractivity contribution in [1.29, 1.82) is 0 Å². The number of hydrogen-bond donors (Lipinski definition) is 1. The first kappa shape index (κ1) is 19.2. The average Bonchev–Trinajstić information content (AvgIpc) is 2.65. The number of fused-ring (bicyclic) bond motifs is 1. The molecule has 0 bridgehead atoms. The number of halogens is 3. The Hall–Kier alpha value is -2.54. The van der Waals surface area contributed by atoms with Gasteiger partial charge in [-0.1, -0.05) is 25.1 Å². The van der Waals surface area contributed by atoms with Crippen LogP contribution in [0.25, 0.3) is 22.0 Å². The zero-order chi connectivity index (χ0) is 19.6. The molecule has 0 fully saturated rings. The first-order valence-corrected chi connectivity index (χ1v) is 9.13. The van der Waals surface area contributed by atoms with Crippen LogP contribution < -0.4 is 0 Å². The second-order valence-corrected chi connectivity index (χ2v) is 7.21. The molecular formula is C20H16F3NO2S. The topological polar surface area (TPSA) is 50.2 Å². The van der Waals surface area contributed by atoms with E-state index in [1.165, 1.54) is 23.9 Å². The molecule has 3 nitrogen and oxygen atoms in total. The van der Waals surface area contributed by atoms with Crippen LogP contribution in [0, 0.1) is 0 Å². The lowest BCUT2D eigenvalue weighted by atomic mass is 10.0. The van der Waals surface area contributed by atoms with Crippen molar-refractivity contribution >= 4 is 28.6 Å². The molecule has 0 aliphatic rings. The highest BCUT2D eigenvalue weighted by Gasteiger charge is 2.30. The summed E-state index contributed by atoms with van der Waals surface area (Å²) in [6, 6.07) is 12.1. The predicted octanol–water partition coefficient (Wildman–Crippen LogP) is 5.88. The predicted molar refractivity (Wildman–Crippen MR) is 99.8 cm³/mol. The van der Waals surface area contributed by atoms with Gasteiger partial charge in [-0.2, -0.15) is 13.2 Å². The summed E-state index contributed by atoms with van der Waals surface area (Å²) < 4.78 is 38.2. The molecule has 1 heterocycles. The molecule has 0 saturated heterocycles. The lowest BCUT2D eigenvalue weighted by Gasteiger charge is -2.12. The molecule has 1 unspecified atom stereocenters. The molecule has 0 spiro atoms. The highest BCUT2D eigenvalue weighted by molar-refractivity contribution is 8.00. The van der Waals surface area contributed by atoms with Crippen LogP contribution in [0.2, 0.25) is 0 Å². The van der Waals surface area contributed by atoms with Crippen molar-refractivity contribution in [2.75, 3.05) is 0 Å². The van der Waals surface area contributed by atoms with Gasteiger partial charge in [0.15, 0.2) is 0 Å². The van der Waals surface area contributed by atoms with Gasteiger partial charge in [0.1, 0.15) is 5.25 Å². The van der Waals surface area contributed by atoms with E-state index in [2.05, 4.69) is 4.98 Å². The third kappa shape index (κ3) is 4.24. The summed E-state index contributed by atoms with van der Waals surface area (Å²) in [4.78, 5) is 16.4. The third-order valence-electron chi connectivity index (χ3n) is 4.16.